The van der Waals surface area contributed by atoms with E-state index in [0.29, 0.717) is 12.5 Å². The monoisotopic (exact) mass is 362 g/mol. The molecule has 3 aromatic heterocycles. The molecule has 4 rings (SSSR count). The minimum absolute atomic E-state index is 0.513. The summed E-state index contributed by atoms with van der Waals surface area (Å²) >= 11 is 0. The average molecular weight is 362 g/mol. The van der Waals surface area contributed by atoms with Gasteiger partial charge in [-0.1, -0.05) is 23.4 Å². The number of aromatic nitrogens is 4. The molecule has 0 saturated carbocycles. The summed E-state index contributed by atoms with van der Waals surface area (Å²) in [6, 6.07) is 12.0. The summed E-state index contributed by atoms with van der Waals surface area (Å²) in [4.78, 5) is 4.74. The molecular formula is C21H22N4O2. The van der Waals surface area contributed by atoms with Gasteiger partial charge < -0.3 is 9.26 Å². The summed E-state index contributed by atoms with van der Waals surface area (Å²) in [5, 5.41) is 9.74. The van der Waals surface area contributed by atoms with Crippen molar-refractivity contribution in [3.63, 3.8) is 0 Å². The Balaban J connectivity index is 1.64. The van der Waals surface area contributed by atoms with Crippen molar-refractivity contribution >= 4 is 11.0 Å². The molecule has 0 N–H and O–H groups in total. The van der Waals surface area contributed by atoms with Gasteiger partial charge in [0.05, 0.1) is 23.7 Å². The third-order valence-corrected chi connectivity index (χ3v) is 4.77. The van der Waals surface area contributed by atoms with Crippen molar-refractivity contribution in [2.45, 2.75) is 34.1 Å². The molecular weight excluding hydrogens is 340 g/mol. The molecule has 0 aliphatic heterocycles. The van der Waals surface area contributed by atoms with Crippen LogP contribution in [0.15, 0.2) is 40.9 Å². The zero-order chi connectivity index (χ0) is 19.0. The van der Waals surface area contributed by atoms with Crippen molar-refractivity contribution in [3.05, 3.63) is 64.7 Å². The van der Waals surface area contributed by atoms with Crippen molar-refractivity contribution in [1.82, 2.24) is 19.9 Å². The fourth-order valence-electron chi connectivity index (χ4n) is 3.41. The van der Waals surface area contributed by atoms with Gasteiger partial charge in [-0.15, -0.1) is 0 Å². The van der Waals surface area contributed by atoms with Crippen LogP contribution >= 0.6 is 0 Å². The summed E-state index contributed by atoms with van der Waals surface area (Å²) < 4.78 is 13.0. The first-order valence-electron chi connectivity index (χ1n) is 9.01. The van der Waals surface area contributed by atoms with Crippen LogP contribution in [0.25, 0.3) is 16.7 Å². The Morgan fingerprint density at radius 2 is 1.81 bits per heavy atom. The number of para-hydroxylation sites is 1. The van der Waals surface area contributed by atoms with Crippen molar-refractivity contribution < 1.29 is 9.26 Å². The highest BCUT2D eigenvalue weighted by Gasteiger charge is 2.15. The number of aryl methyl sites for hydroxylation is 4. The highest BCUT2D eigenvalue weighted by atomic mass is 16.5. The first kappa shape index (κ1) is 17.3. The van der Waals surface area contributed by atoms with Crippen LogP contribution in [-0.4, -0.2) is 26.5 Å². The maximum atomic E-state index is 5.96. The zero-order valence-corrected chi connectivity index (χ0v) is 16.0. The lowest BCUT2D eigenvalue weighted by molar-refractivity contribution is 0.309. The number of rotatable bonds is 5. The van der Waals surface area contributed by atoms with Crippen LogP contribution in [0.5, 0.6) is 5.88 Å². The van der Waals surface area contributed by atoms with E-state index in [4.69, 9.17) is 14.2 Å². The van der Waals surface area contributed by atoms with Crippen molar-refractivity contribution in [1.29, 1.82) is 0 Å². The molecule has 0 fully saturated rings. The third kappa shape index (κ3) is 3.18. The lowest BCUT2D eigenvalue weighted by Crippen LogP contribution is -2.05. The molecule has 0 unspecified atom stereocenters. The SMILES string of the molecule is Cc1noc(C)c1CCOc1cc(C)c2c(C)nn(-c3ccccc3)c2n1. The van der Waals surface area contributed by atoms with Gasteiger partial charge in [0, 0.05) is 23.4 Å². The van der Waals surface area contributed by atoms with Crippen LogP contribution in [0.4, 0.5) is 0 Å². The fraction of sp³-hybridized carbons (Fsp3) is 0.286. The number of benzene rings is 1. The highest BCUT2D eigenvalue weighted by Crippen LogP contribution is 2.26. The van der Waals surface area contributed by atoms with E-state index in [2.05, 4.69) is 17.2 Å². The molecule has 0 saturated heterocycles. The molecule has 138 valence electrons. The quantitative estimate of drug-likeness (QED) is 0.531. The molecule has 3 heterocycles. The number of ether oxygens (including phenoxy) is 1. The van der Waals surface area contributed by atoms with E-state index in [9.17, 15) is 0 Å². The Bertz CT molecular complexity index is 1080. The Labute approximate surface area is 157 Å². The lowest BCUT2D eigenvalue weighted by Gasteiger charge is -2.08. The molecule has 0 aliphatic carbocycles. The van der Waals surface area contributed by atoms with Gasteiger partial charge in [-0.3, -0.25) is 0 Å². The minimum Gasteiger partial charge on any atom is -0.477 e. The van der Waals surface area contributed by atoms with Gasteiger partial charge >= 0.3 is 0 Å². The second kappa shape index (κ2) is 6.87. The number of pyridine rings is 1. The van der Waals surface area contributed by atoms with E-state index >= 15 is 0 Å². The number of hydrogen-bond donors (Lipinski definition) is 0. The van der Waals surface area contributed by atoms with Crippen LogP contribution in [0, 0.1) is 27.7 Å². The van der Waals surface area contributed by atoms with Gasteiger partial charge in [-0.05, 0) is 45.4 Å². The smallest absolute Gasteiger partial charge is 0.215 e. The van der Waals surface area contributed by atoms with Crippen LogP contribution in [-0.2, 0) is 6.42 Å². The topological polar surface area (TPSA) is 66.0 Å². The van der Waals surface area contributed by atoms with E-state index < -0.39 is 0 Å². The maximum absolute atomic E-state index is 5.96. The second-order valence-electron chi connectivity index (χ2n) is 6.71. The van der Waals surface area contributed by atoms with E-state index in [1.54, 1.807) is 0 Å². The normalized spacial score (nSPS) is 11.3. The number of nitrogens with zero attached hydrogens (tertiary/aromatic N) is 4. The largest absolute Gasteiger partial charge is 0.477 e. The number of hydrogen-bond acceptors (Lipinski definition) is 5. The summed E-state index contributed by atoms with van der Waals surface area (Å²) in [6.45, 7) is 8.45. The molecule has 0 atom stereocenters. The lowest BCUT2D eigenvalue weighted by atomic mass is 10.1. The fourth-order valence-corrected chi connectivity index (χ4v) is 3.41. The van der Waals surface area contributed by atoms with Crippen LogP contribution in [0.2, 0.25) is 0 Å². The first-order valence-corrected chi connectivity index (χ1v) is 9.01. The minimum atomic E-state index is 0.513. The Morgan fingerprint density at radius 3 is 2.52 bits per heavy atom. The summed E-state index contributed by atoms with van der Waals surface area (Å²) in [5.41, 5.74) is 5.86. The van der Waals surface area contributed by atoms with Gasteiger partial charge in [0.2, 0.25) is 5.88 Å². The van der Waals surface area contributed by atoms with Gasteiger partial charge in [0.15, 0.2) is 5.65 Å². The first-order chi connectivity index (χ1) is 13.0. The van der Waals surface area contributed by atoms with Gasteiger partial charge in [0.1, 0.15) is 5.76 Å². The Hall–Kier alpha value is -3.15. The van der Waals surface area contributed by atoms with E-state index in [0.717, 1.165) is 51.4 Å². The van der Waals surface area contributed by atoms with E-state index in [1.165, 1.54) is 0 Å². The molecule has 0 aliphatic rings. The molecule has 4 aromatic rings. The average Bonchev–Trinajstić information content (AvgIpc) is 3.16. The van der Waals surface area contributed by atoms with Crippen molar-refractivity contribution in [2.75, 3.05) is 6.61 Å². The highest BCUT2D eigenvalue weighted by molar-refractivity contribution is 5.83. The Kier molecular flexibility index (Phi) is 4.39. The molecule has 0 spiro atoms. The maximum Gasteiger partial charge on any atom is 0.215 e. The Morgan fingerprint density at radius 1 is 1.04 bits per heavy atom. The van der Waals surface area contributed by atoms with Crippen LogP contribution < -0.4 is 4.74 Å². The van der Waals surface area contributed by atoms with Gasteiger partial charge in [-0.25, -0.2) is 4.68 Å². The molecule has 1 aromatic carbocycles. The molecule has 6 heteroatoms. The summed E-state index contributed by atoms with van der Waals surface area (Å²) in [5.74, 6) is 1.44. The zero-order valence-electron chi connectivity index (χ0n) is 16.0. The molecule has 27 heavy (non-hydrogen) atoms. The summed E-state index contributed by atoms with van der Waals surface area (Å²) in [7, 11) is 0. The van der Waals surface area contributed by atoms with E-state index in [1.807, 2.05) is 61.9 Å². The predicted molar refractivity (Wildman–Crippen MR) is 104 cm³/mol. The van der Waals surface area contributed by atoms with E-state index in [-0.39, 0.29) is 0 Å². The van der Waals surface area contributed by atoms with Crippen LogP contribution in [0.3, 0.4) is 0 Å². The number of fused-ring (bicyclic) bond motifs is 1. The molecule has 0 radical (unpaired) electrons. The molecule has 0 bridgehead atoms. The predicted octanol–water partition coefficient (Wildman–Crippen LogP) is 4.26. The van der Waals surface area contributed by atoms with Gasteiger partial charge in [0.25, 0.3) is 0 Å². The van der Waals surface area contributed by atoms with Crippen molar-refractivity contribution in [3.8, 4) is 11.6 Å². The molecule has 0 amide bonds. The molecule has 6 nitrogen and oxygen atoms in total. The van der Waals surface area contributed by atoms with Crippen LogP contribution in [0.1, 0.15) is 28.3 Å². The second-order valence-corrected chi connectivity index (χ2v) is 6.71. The standard InChI is InChI=1S/C21H22N4O2/c1-13-12-19(26-11-10-18-14(2)24-27-16(18)4)22-21-20(13)15(3)23-25(21)17-8-6-5-7-9-17/h5-9,12H,10-11H2,1-4H3. The van der Waals surface area contributed by atoms with Crippen molar-refractivity contribution in [2.24, 2.45) is 0 Å². The third-order valence-electron chi connectivity index (χ3n) is 4.77. The van der Waals surface area contributed by atoms with Gasteiger partial charge in [-0.2, -0.15) is 10.1 Å². The summed E-state index contributed by atoms with van der Waals surface area (Å²) in [6.07, 6.45) is 0.733.